The first kappa shape index (κ1) is 48.5. The number of phosphoric ester groups is 1. The fourth-order valence-corrected chi connectivity index (χ4v) is 6.25. The molecule has 0 aliphatic carbocycles. The number of carbonyl (C=O) groups is 2. The van der Waals surface area contributed by atoms with E-state index in [2.05, 4.69) is 42.7 Å². The van der Waals surface area contributed by atoms with Crippen LogP contribution in [0.15, 0.2) is 24.3 Å². The van der Waals surface area contributed by atoms with Gasteiger partial charge in [0.1, 0.15) is 6.61 Å². The van der Waals surface area contributed by atoms with Crippen LogP contribution in [0.25, 0.3) is 0 Å². The monoisotopic (exact) mass is 729 g/mol. The fourth-order valence-electron chi connectivity index (χ4n) is 5.89. The second kappa shape index (κ2) is 37.3. The van der Waals surface area contributed by atoms with Crippen molar-refractivity contribution < 1.29 is 37.9 Å². The topological polar surface area (TPSA) is 119 Å². The highest BCUT2D eigenvalue weighted by Gasteiger charge is 2.22. The van der Waals surface area contributed by atoms with Crippen molar-refractivity contribution in [3.63, 3.8) is 0 Å². The van der Waals surface area contributed by atoms with Gasteiger partial charge in [0.25, 0.3) is 0 Å². The van der Waals surface area contributed by atoms with Crippen molar-refractivity contribution in [2.24, 2.45) is 0 Å². The molecule has 0 saturated heterocycles. The molecule has 0 bridgehead atoms. The minimum Gasteiger partial charge on any atom is -0.462 e. The number of hydrogen-bond donors (Lipinski definition) is 2. The molecule has 0 heterocycles. The van der Waals surface area contributed by atoms with E-state index in [1.165, 1.54) is 116 Å². The zero-order chi connectivity index (χ0) is 36.8. The van der Waals surface area contributed by atoms with Gasteiger partial charge in [-0.05, 0) is 38.5 Å². The smallest absolute Gasteiger partial charge is 0.462 e. The molecule has 1 atom stereocenters. The number of rotatable bonds is 38. The van der Waals surface area contributed by atoms with E-state index in [1.807, 2.05) is 0 Å². The summed E-state index contributed by atoms with van der Waals surface area (Å²) in [6.07, 6.45) is 41.8. The normalized spacial score (nSPS) is 12.6. The van der Waals surface area contributed by atoms with Gasteiger partial charge in [-0.3, -0.25) is 14.1 Å². The summed E-state index contributed by atoms with van der Waals surface area (Å²) in [5, 5.41) is 0. The maximum absolute atomic E-state index is 12.4. The predicted octanol–water partition coefficient (Wildman–Crippen LogP) is 12.4. The molecule has 9 heteroatoms. The Bertz CT molecular complexity index is 869. The zero-order valence-corrected chi connectivity index (χ0v) is 33.2. The lowest BCUT2D eigenvalue weighted by Gasteiger charge is -2.18. The molecule has 0 unspecified atom stereocenters. The number of carbonyl (C=O) groups excluding carboxylic acids is 2. The van der Waals surface area contributed by atoms with Crippen LogP contribution in [0.2, 0.25) is 0 Å². The molecule has 0 aliphatic rings. The molecular weight excluding hydrogens is 651 g/mol. The van der Waals surface area contributed by atoms with Crippen molar-refractivity contribution in [3.05, 3.63) is 24.3 Å². The van der Waals surface area contributed by atoms with Gasteiger partial charge in [-0.15, -0.1) is 0 Å². The Morgan fingerprint density at radius 2 is 0.880 bits per heavy atom. The Labute approximate surface area is 307 Å². The van der Waals surface area contributed by atoms with Crippen molar-refractivity contribution in [1.29, 1.82) is 0 Å². The van der Waals surface area contributed by atoms with Crippen LogP contribution in [0.1, 0.15) is 206 Å². The quantitative estimate of drug-likeness (QED) is 0.0279. The van der Waals surface area contributed by atoms with Gasteiger partial charge in [0.15, 0.2) is 6.10 Å². The maximum atomic E-state index is 12.4. The minimum absolute atomic E-state index is 0.197. The molecular formula is C41H77O8P. The van der Waals surface area contributed by atoms with Gasteiger partial charge in [0.05, 0.1) is 6.61 Å². The zero-order valence-electron chi connectivity index (χ0n) is 32.3. The molecule has 0 spiro atoms. The van der Waals surface area contributed by atoms with Gasteiger partial charge in [0.2, 0.25) is 0 Å². The van der Waals surface area contributed by atoms with Gasteiger partial charge >= 0.3 is 19.8 Å². The van der Waals surface area contributed by atoms with Crippen LogP contribution < -0.4 is 0 Å². The van der Waals surface area contributed by atoms with E-state index >= 15 is 0 Å². The molecule has 0 fully saturated rings. The fraction of sp³-hybridized carbons (Fsp3) is 0.854. The Morgan fingerprint density at radius 1 is 0.520 bits per heavy atom. The first-order chi connectivity index (χ1) is 24.3. The number of esters is 2. The maximum Gasteiger partial charge on any atom is 0.469 e. The number of hydrogen-bond acceptors (Lipinski definition) is 6. The van der Waals surface area contributed by atoms with Gasteiger partial charge in [0, 0.05) is 12.8 Å². The first-order valence-electron chi connectivity index (χ1n) is 20.6. The number of allylic oxidation sites excluding steroid dienone is 4. The van der Waals surface area contributed by atoms with Gasteiger partial charge < -0.3 is 19.3 Å². The van der Waals surface area contributed by atoms with Crippen LogP contribution in [0, 0.1) is 0 Å². The van der Waals surface area contributed by atoms with Gasteiger partial charge in [-0.1, -0.05) is 179 Å². The van der Waals surface area contributed by atoms with Crippen molar-refractivity contribution in [2.75, 3.05) is 13.2 Å². The summed E-state index contributed by atoms with van der Waals surface area (Å²) >= 11 is 0. The summed E-state index contributed by atoms with van der Waals surface area (Å²) < 4.78 is 26.4. The van der Waals surface area contributed by atoms with E-state index in [4.69, 9.17) is 19.3 Å². The summed E-state index contributed by atoms with van der Waals surface area (Å²) in [5.74, 6) is -0.894. The number of ether oxygens (including phenoxy) is 2. The molecule has 0 rings (SSSR count). The highest BCUT2D eigenvalue weighted by molar-refractivity contribution is 7.46. The van der Waals surface area contributed by atoms with Crippen LogP contribution in [-0.4, -0.2) is 41.0 Å². The molecule has 0 aromatic carbocycles. The summed E-state index contributed by atoms with van der Waals surface area (Å²) in [5.41, 5.74) is 0. The molecule has 2 N–H and O–H groups in total. The molecule has 0 aliphatic heterocycles. The Kier molecular flexibility index (Phi) is 36.2. The van der Waals surface area contributed by atoms with E-state index in [9.17, 15) is 14.2 Å². The Balaban J connectivity index is 3.92. The Morgan fingerprint density at radius 3 is 1.30 bits per heavy atom. The lowest BCUT2D eigenvalue weighted by molar-refractivity contribution is -0.161. The predicted molar refractivity (Wildman–Crippen MR) is 207 cm³/mol. The average molecular weight is 729 g/mol. The minimum atomic E-state index is -4.75. The van der Waals surface area contributed by atoms with Crippen molar-refractivity contribution >= 4 is 19.8 Å². The molecule has 0 saturated carbocycles. The van der Waals surface area contributed by atoms with Crippen LogP contribution >= 0.6 is 7.82 Å². The van der Waals surface area contributed by atoms with Crippen LogP contribution in [0.4, 0.5) is 0 Å². The lowest BCUT2D eigenvalue weighted by atomic mass is 10.0. The third kappa shape index (κ3) is 39.3. The molecule has 0 amide bonds. The molecule has 8 nitrogen and oxygen atoms in total. The Hall–Kier alpha value is -1.47. The summed E-state index contributed by atoms with van der Waals surface area (Å²) in [7, 11) is -4.75. The largest absolute Gasteiger partial charge is 0.469 e. The molecule has 50 heavy (non-hydrogen) atoms. The van der Waals surface area contributed by atoms with Crippen molar-refractivity contribution in [1.82, 2.24) is 0 Å². The molecule has 294 valence electrons. The van der Waals surface area contributed by atoms with E-state index in [1.54, 1.807) is 0 Å². The third-order valence-corrected chi connectivity index (χ3v) is 9.49. The lowest BCUT2D eigenvalue weighted by Crippen LogP contribution is -2.29. The summed E-state index contributed by atoms with van der Waals surface area (Å²) in [4.78, 5) is 42.8. The first-order valence-corrected chi connectivity index (χ1v) is 22.2. The van der Waals surface area contributed by atoms with E-state index < -0.39 is 32.5 Å². The highest BCUT2D eigenvalue weighted by Crippen LogP contribution is 2.36. The third-order valence-electron chi connectivity index (χ3n) is 9.00. The summed E-state index contributed by atoms with van der Waals surface area (Å²) in [6, 6.07) is 0. The standard InChI is InChI=1S/C41H77O8P/c1-3-5-7-9-11-13-15-17-19-20-22-23-25-27-29-31-33-35-40(42)47-37-39(38-48-50(44,45)46)49-41(43)36-34-32-30-28-26-24-21-18-16-14-12-10-8-6-4-2/h14,16,18,21,39H,3-13,15,17,19-20,22-38H2,1-2H3,(H2,44,45,46)/b16-14+,21-18+/t39-/m1/s1. The molecule has 0 radical (unpaired) electrons. The molecule has 0 aromatic heterocycles. The second-order valence-corrected chi connectivity index (χ2v) is 15.2. The van der Waals surface area contributed by atoms with Crippen LogP contribution in [0.5, 0.6) is 0 Å². The average Bonchev–Trinajstić information content (AvgIpc) is 3.08. The van der Waals surface area contributed by atoms with Crippen molar-refractivity contribution in [2.45, 2.75) is 213 Å². The molecule has 0 aromatic rings. The van der Waals surface area contributed by atoms with Crippen LogP contribution in [-0.2, 0) is 28.2 Å². The highest BCUT2D eigenvalue weighted by atomic mass is 31.2. The SMILES string of the molecule is CCCCCC/C=C/C=C/CCCCCCCC(=O)O[C@H](COC(=O)CCCCCCCCCCCCCCCCCCC)COP(=O)(O)O. The van der Waals surface area contributed by atoms with Gasteiger partial charge in [-0.2, -0.15) is 0 Å². The van der Waals surface area contributed by atoms with Crippen molar-refractivity contribution in [3.8, 4) is 0 Å². The van der Waals surface area contributed by atoms with E-state index in [0.717, 1.165) is 57.8 Å². The van der Waals surface area contributed by atoms with Crippen LogP contribution in [0.3, 0.4) is 0 Å². The van der Waals surface area contributed by atoms with E-state index in [-0.39, 0.29) is 19.4 Å². The number of phosphoric acid groups is 1. The van der Waals surface area contributed by atoms with Gasteiger partial charge in [-0.25, -0.2) is 4.57 Å². The summed E-state index contributed by atoms with van der Waals surface area (Å²) in [6.45, 7) is 3.67. The van der Waals surface area contributed by atoms with E-state index in [0.29, 0.717) is 6.42 Å². The number of unbranched alkanes of at least 4 members (excludes halogenated alkanes) is 25. The second-order valence-electron chi connectivity index (χ2n) is 14.0.